The maximum atomic E-state index is 13.2. The number of rotatable bonds is 10. The Morgan fingerprint density at radius 1 is 1.30 bits per heavy atom. The van der Waals surface area contributed by atoms with E-state index >= 15 is 0 Å². The van der Waals surface area contributed by atoms with E-state index in [0.717, 1.165) is 11.8 Å². The predicted octanol–water partition coefficient (Wildman–Crippen LogP) is -0.612. The van der Waals surface area contributed by atoms with E-state index in [1.807, 2.05) is 0 Å². The molecule has 1 aromatic heterocycles. The Morgan fingerprint density at radius 2 is 2.00 bits per heavy atom. The molecule has 0 saturated carbocycles. The molecule has 5 N–H and O–H groups in total. The van der Waals surface area contributed by atoms with E-state index in [1.54, 1.807) is 24.3 Å². The number of carbonyl (C=O) groups excluding carboxylic acids is 2. The molecule has 2 aliphatic rings. The third kappa shape index (κ3) is 5.60. The fourth-order valence-electron chi connectivity index (χ4n) is 4.02. The summed E-state index contributed by atoms with van der Waals surface area (Å²) in [7, 11) is -4.37. The number of aromatic nitrogens is 2. The van der Waals surface area contributed by atoms with E-state index in [1.165, 1.54) is 21.6 Å². The van der Waals surface area contributed by atoms with Gasteiger partial charge in [0.25, 0.3) is 15.3 Å². The van der Waals surface area contributed by atoms with Gasteiger partial charge in [-0.05, 0) is 17.7 Å². The van der Waals surface area contributed by atoms with E-state index in [4.69, 9.17) is 14.7 Å². The lowest BCUT2D eigenvalue weighted by Gasteiger charge is -2.56. The number of β-lactam (4-membered cyclic amide) rings is 1. The molecular weight excluding hydrogens is 550 g/mol. The molecule has 2 amide bonds. The molecule has 37 heavy (non-hydrogen) atoms. The van der Waals surface area contributed by atoms with E-state index in [0.29, 0.717) is 11.3 Å². The van der Waals surface area contributed by atoms with Crippen molar-refractivity contribution in [2.75, 3.05) is 29.5 Å². The monoisotopic (exact) mass is 573 g/mol. The maximum absolute atomic E-state index is 13.2. The zero-order valence-corrected chi connectivity index (χ0v) is 21.5. The summed E-state index contributed by atoms with van der Waals surface area (Å²) in [5.41, 5.74) is 5.29. The first kappa shape index (κ1) is 27.3. The molecule has 0 aliphatic carbocycles. The van der Waals surface area contributed by atoms with Crippen LogP contribution in [-0.4, -0.2) is 92.1 Å². The zero-order chi connectivity index (χ0) is 27.0. The number of benzene rings is 1. The number of aliphatic hydroxyl groups excluding tert-OH is 1. The first-order valence-electron chi connectivity index (χ1n) is 10.8. The molecule has 2 fully saturated rings. The molecule has 3 heterocycles. The molecule has 200 valence electrons. The van der Waals surface area contributed by atoms with Crippen LogP contribution in [-0.2, 0) is 36.9 Å². The summed E-state index contributed by atoms with van der Waals surface area (Å²) in [6.45, 7) is -0.634. The fraction of sp³-hybridized carbons (Fsp3) is 0.450. The van der Waals surface area contributed by atoms with Gasteiger partial charge in [0.05, 0.1) is 13.2 Å². The molecular formula is C20H23N5O9S3. The van der Waals surface area contributed by atoms with Gasteiger partial charge in [0.2, 0.25) is 17.7 Å². The van der Waals surface area contributed by atoms with E-state index < -0.39 is 50.5 Å². The normalized spacial score (nSPS) is 23.3. The molecule has 0 bridgehead atoms. The van der Waals surface area contributed by atoms with Crippen molar-refractivity contribution in [1.29, 1.82) is 0 Å². The van der Waals surface area contributed by atoms with Crippen molar-refractivity contribution in [1.82, 2.24) is 15.1 Å². The van der Waals surface area contributed by atoms with Crippen LogP contribution in [0.2, 0.25) is 0 Å². The minimum absolute atomic E-state index is 0.0575. The van der Waals surface area contributed by atoms with Crippen LogP contribution in [0, 0.1) is 5.41 Å². The van der Waals surface area contributed by atoms with Gasteiger partial charge >= 0.3 is 5.97 Å². The van der Waals surface area contributed by atoms with Gasteiger partial charge in [0, 0.05) is 23.7 Å². The molecule has 1 aromatic carbocycles. The molecule has 0 radical (unpaired) electrons. The first-order valence-corrected chi connectivity index (χ1v) is 14.4. The number of nitrogens with two attached hydrogens (primary N) is 1. The van der Waals surface area contributed by atoms with Crippen molar-refractivity contribution in [3.05, 3.63) is 35.7 Å². The Bertz CT molecular complexity index is 1300. The number of aliphatic carboxylic acids is 1. The highest BCUT2D eigenvalue weighted by Crippen LogP contribution is 2.46. The Morgan fingerprint density at radius 3 is 2.59 bits per heavy atom. The van der Waals surface area contributed by atoms with Crippen LogP contribution in [0.15, 0.2) is 33.9 Å². The molecule has 4 rings (SSSR count). The average Bonchev–Trinajstić information content (AvgIpc) is 3.30. The van der Waals surface area contributed by atoms with Crippen LogP contribution < -0.4 is 10.6 Å². The number of carboxylic acid groups (broad SMARTS) is 1. The maximum Gasteiger partial charge on any atom is 0.313 e. The molecule has 2 aliphatic heterocycles. The molecule has 2 aromatic rings. The number of aliphatic hydroxyl groups is 1. The second kappa shape index (κ2) is 10.6. The third-order valence-electron chi connectivity index (χ3n) is 5.92. The van der Waals surface area contributed by atoms with Crippen LogP contribution in [0.25, 0.3) is 0 Å². The summed E-state index contributed by atoms with van der Waals surface area (Å²) in [6, 6.07) is 5.63. The van der Waals surface area contributed by atoms with Gasteiger partial charge in [-0.3, -0.25) is 23.8 Å². The molecule has 2 saturated heterocycles. The summed E-state index contributed by atoms with van der Waals surface area (Å²) in [4.78, 5) is 40.9. The average molecular weight is 574 g/mol. The number of anilines is 1. The lowest BCUT2D eigenvalue weighted by Crippen LogP contribution is -2.75. The largest absolute Gasteiger partial charge is 0.481 e. The van der Waals surface area contributed by atoms with E-state index in [2.05, 4.69) is 10.2 Å². The van der Waals surface area contributed by atoms with Gasteiger partial charge in [0.1, 0.15) is 16.8 Å². The number of hydrogen-bond donors (Lipinski definition) is 4. The lowest BCUT2D eigenvalue weighted by atomic mass is 9.89. The zero-order valence-electron chi connectivity index (χ0n) is 19.1. The number of nitrogens with zero attached hydrogens (tertiary/aromatic N) is 4. The fourth-order valence-corrected chi connectivity index (χ4v) is 7.13. The molecule has 2 unspecified atom stereocenters. The topological polar surface area (TPSA) is 217 Å². The minimum atomic E-state index is -4.37. The second-order valence-electron chi connectivity index (χ2n) is 8.47. The van der Waals surface area contributed by atoms with E-state index in [9.17, 15) is 33.0 Å². The van der Waals surface area contributed by atoms with Gasteiger partial charge in [-0.1, -0.05) is 23.9 Å². The summed E-state index contributed by atoms with van der Waals surface area (Å²) in [5.74, 6) is -3.20. The van der Waals surface area contributed by atoms with Crippen LogP contribution >= 0.6 is 23.5 Å². The standard InChI is InChI=1S/C20H23N5O9S3/c21-5-14(27)25(12-3-1-11(6-26)2-4-12)15-16(28)24-8-20(18(29)30,9-35-17(15)24)10-36-19-23-22-13(34-19)7-37(31,32)33/h1-4,15,17,26H,5-10,21H2,(H,29,30)(H,31,32,33)/t15?,17-,20?/m1/s1. The summed E-state index contributed by atoms with van der Waals surface area (Å²) in [6.07, 6.45) is 0. The van der Waals surface area contributed by atoms with Gasteiger partial charge < -0.3 is 25.3 Å². The van der Waals surface area contributed by atoms with Gasteiger partial charge in [0.15, 0.2) is 5.75 Å². The molecule has 0 spiro atoms. The van der Waals surface area contributed by atoms with Crippen LogP contribution in [0.4, 0.5) is 5.69 Å². The summed E-state index contributed by atoms with van der Waals surface area (Å²) < 4.78 is 36.0. The van der Waals surface area contributed by atoms with Gasteiger partial charge in [-0.25, -0.2) is 0 Å². The summed E-state index contributed by atoms with van der Waals surface area (Å²) >= 11 is 2.12. The van der Waals surface area contributed by atoms with Crippen molar-refractivity contribution < 1.29 is 42.0 Å². The van der Waals surface area contributed by atoms with Crippen molar-refractivity contribution in [2.24, 2.45) is 11.1 Å². The number of hydrogen-bond acceptors (Lipinski definition) is 12. The number of thioether (sulfide) groups is 2. The Hall–Kier alpha value is -2.70. The van der Waals surface area contributed by atoms with E-state index in [-0.39, 0.29) is 42.3 Å². The van der Waals surface area contributed by atoms with Crippen LogP contribution in [0.1, 0.15) is 11.5 Å². The quantitative estimate of drug-likeness (QED) is 0.158. The Labute approximate surface area is 219 Å². The number of carboxylic acids is 1. The second-order valence-corrected chi connectivity index (χ2v) is 12.0. The van der Waals surface area contributed by atoms with Crippen LogP contribution in [0.3, 0.4) is 0 Å². The highest BCUT2D eigenvalue weighted by atomic mass is 32.2. The SMILES string of the molecule is NCC(=O)N(c1ccc(CO)cc1)C1C(=O)N2CC(CSc3nnc(CS(=O)(=O)O)o3)(C(=O)O)CS[C@H]12. The van der Waals surface area contributed by atoms with Crippen LogP contribution in [0.5, 0.6) is 0 Å². The molecule has 14 nitrogen and oxygen atoms in total. The highest BCUT2D eigenvalue weighted by Gasteiger charge is 2.59. The van der Waals surface area contributed by atoms with Gasteiger partial charge in [-0.2, -0.15) is 8.42 Å². The summed E-state index contributed by atoms with van der Waals surface area (Å²) in [5, 5.41) is 25.9. The number of carbonyl (C=O) groups is 3. The number of fused-ring (bicyclic) bond motifs is 1. The van der Waals surface area contributed by atoms with Gasteiger partial charge in [-0.15, -0.1) is 22.0 Å². The smallest absolute Gasteiger partial charge is 0.313 e. The Balaban J connectivity index is 1.48. The predicted molar refractivity (Wildman–Crippen MR) is 131 cm³/mol. The van der Waals surface area contributed by atoms with Crippen molar-refractivity contribution in [2.45, 2.75) is 29.0 Å². The number of amides is 2. The van der Waals surface area contributed by atoms with Crippen molar-refractivity contribution in [3.8, 4) is 0 Å². The van der Waals surface area contributed by atoms with Crippen molar-refractivity contribution >= 4 is 57.1 Å². The lowest BCUT2D eigenvalue weighted by molar-refractivity contribution is -0.156. The minimum Gasteiger partial charge on any atom is -0.481 e. The molecule has 3 atom stereocenters. The van der Waals surface area contributed by atoms with Crippen molar-refractivity contribution in [3.63, 3.8) is 0 Å². The third-order valence-corrected chi connectivity index (χ3v) is 9.21. The first-order chi connectivity index (χ1) is 17.5. The highest BCUT2D eigenvalue weighted by molar-refractivity contribution is 8.00. The Kier molecular flexibility index (Phi) is 7.82. The molecule has 17 heteroatoms.